The molecule has 2 aliphatic heterocycles. The van der Waals surface area contributed by atoms with Gasteiger partial charge in [0.1, 0.15) is 0 Å². The standard InChI is InChI=1S/C15H24N4O3S/c1-17-12(4-6-16-17)10-18-7-5-15-14(11-18)19(8-9-22-15)23(20,21)13-2-3-13/h4,6,13-15H,2-3,5,7-11H2,1H3/t14-,15-/m0/s1. The second-order valence-corrected chi connectivity index (χ2v) is 8.97. The van der Waals surface area contributed by atoms with Crippen LogP contribution in [0.4, 0.5) is 0 Å². The molecule has 3 fully saturated rings. The molecular weight excluding hydrogens is 316 g/mol. The highest BCUT2D eigenvalue weighted by Gasteiger charge is 2.47. The molecule has 1 aromatic rings. The highest BCUT2D eigenvalue weighted by Crippen LogP contribution is 2.35. The van der Waals surface area contributed by atoms with E-state index in [0.717, 1.165) is 44.6 Å². The van der Waals surface area contributed by atoms with E-state index in [0.29, 0.717) is 13.2 Å². The van der Waals surface area contributed by atoms with Crippen LogP contribution in [0.15, 0.2) is 12.3 Å². The lowest BCUT2D eigenvalue weighted by atomic mass is 10.0. The van der Waals surface area contributed by atoms with Crippen molar-refractivity contribution in [1.29, 1.82) is 0 Å². The Morgan fingerprint density at radius 2 is 2.13 bits per heavy atom. The molecule has 128 valence electrons. The third-order valence-electron chi connectivity index (χ3n) is 5.20. The second-order valence-electron chi connectivity index (χ2n) is 6.80. The molecule has 1 saturated carbocycles. The molecule has 2 atom stereocenters. The van der Waals surface area contributed by atoms with E-state index in [2.05, 4.69) is 10.00 Å². The van der Waals surface area contributed by atoms with Gasteiger partial charge < -0.3 is 4.74 Å². The molecule has 1 aromatic heterocycles. The van der Waals surface area contributed by atoms with Gasteiger partial charge >= 0.3 is 0 Å². The predicted octanol–water partition coefficient (Wildman–Crippen LogP) is 0.187. The summed E-state index contributed by atoms with van der Waals surface area (Å²) in [6.45, 7) is 3.50. The molecule has 3 aliphatic rings. The highest BCUT2D eigenvalue weighted by atomic mass is 32.2. The number of aromatic nitrogens is 2. The largest absolute Gasteiger partial charge is 0.375 e. The zero-order valence-electron chi connectivity index (χ0n) is 13.5. The van der Waals surface area contributed by atoms with Crippen LogP contribution < -0.4 is 0 Å². The maximum Gasteiger partial charge on any atom is 0.217 e. The monoisotopic (exact) mass is 340 g/mol. The summed E-state index contributed by atoms with van der Waals surface area (Å²) in [5, 5.41) is 4.06. The molecule has 0 bridgehead atoms. The van der Waals surface area contributed by atoms with Crippen LogP contribution >= 0.6 is 0 Å². The van der Waals surface area contributed by atoms with Crippen molar-refractivity contribution in [3.8, 4) is 0 Å². The average molecular weight is 340 g/mol. The Hall–Kier alpha value is -0.960. The van der Waals surface area contributed by atoms with Crippen molar-refractivity contribution in [2.24, 2.45) is 7.05 Å². The number of fused-ring (bicyclic) bond motifs is 1. The molecule has 2 saturated heterocycles. The van der Waals surface area contributed by atoms with Crippen molar-refractivity contribution >= 4 is 10.0 Å². The summed E-state index contributed by atoms with van der Waals surface area (Å²) in [7, 11) is -1.20. The fourth-order valence-corrected chi connectivity index (χ4v) is 5.73. The zero-order chi connectivity index (χ0) is 16.0. The van der Waals surface area contributed by atoms with Crippen LogP contribution in [0, 0.1) is 0 Å². The van der Waals surface area contributed by atoms with Gasteiger partial charge in [-0.05, 0) is 25.3 Å². The fourth-order valence-electron chi connectivity index (χ4n) is 3.71. The summed E-state index contributed by atoms with van der Waals surface area (Å²) in [6.07, 6.45) is 4.36. The van der Waals surface area contributed by atoms with Gasteiger partial charge in [0.05, 0.1) is 29.7 Å². The zero-order valence-corrected chi connectivity index (χ0v) is 14.3. The van der Waals surface area contributed by atoms with Crippen LogP contribution in [0.1, 0.15) is 25.0 Å². The predicted molar refractivity (Wildman–Crippen MR) is 85.3 cm³/mol. The van der Waals surface area contributed by atoms with Crippen LogP contribution in [-0.4, -0.2) is 71.0 Å². The number of likely N-dealkylation sites (tertiary alicyclic amines) is 1. The molecule has 0 amide bonds. The highest BCUT2D eigenvalue weighted by molar-refractivity contribution is 7.90. The number of ether oxygens (including phenoxy) is 1. The third-order valence-corrected chi connectivity index (χ3v) is 7.62. The fraction of sp³-hybridized carbons (Fsp3) is 0.800. The number of hydrogen-bond acceptors (Lipinski definition) is 5. The van der Waals surface area contributed by atoms with E-state index < -0.39 is 10.0 Å². The van der Waals surface area contributed by atoms with Crippen LogP contribution in [0.5, 0.6) is 0 Å². The van der Waals surface area contributed by atoms with Crippen molar-refractivity contribution in [2.75, 3.05) is 26.2 Å². The molecule has 0 spiro atoms. The molecule has 3 heterocycles. The molecular formula is C15H24N4O3S. The smallest absolute Gasteiger partial charge is 0.217 e. The SMILES string of the molecule is Cn1nccc1CN1CC[C@@H]2OCCN(S(=O)(=O)C3CC3)[C@H]2C1. The van der Waals surface area contributed by atoms with Gasteiger partial charge in [-0.25, -0.2) is 8.42 Å². The Morgan fingerprint density at radius 1 is 1.30 bits per heavy atom. The molecule has 23 heavy (non-hydrogen) atoms. The first-order valence-electron chi connectivity index (χ1n) is 8.37. The van der Waals surface area contributed by atoms with Gasteiger partial charge in [0.15, 0.2) is 0 Å². The van der Waals surface area contributed by atoms with E-state index in [1.54, 1.807) is 10.5 Å². The van der Waals surface area contributed by atoms with Crippen molar-refractivity contribution in [3.63, 3.8) is 0 Å². The molecule has 4 rings (SSSR count). The normalized spacial score (nSPS) is 30.3. The Bertz CT molecular complexity index is 670. The molecule has 0 aromatic carbocycles. The van der Waals surface area contributed by atoms with Gasteiger partial charge in [-0.2, -0.15) is 9.40 Å². The van der Waals surface area contributed by atoms with Gasteiger partial charge in [0.2, 0.25) is 10.0 Å². The third kappa shape index (κ3) is 2.93. The van der Waals surface area contributed by atoms with E-state index in [4.69, 9.17) is 4.74 Å². The first-order chi connectivity index (χ1) is 11.1. The number of hydrogen-bond donors (Lipinski definition) is 0. The van der Waals surface area contributed by atoms with Gasteiger partial charge in [0.25, 0.3) is 0 Å². The Kier molecular flexibility index (Phi) is 3.95. The van der Waals surface area contributed by atoms with E-state index in [9.17, 15) is 8.42 Å². The van der Waals surface area contributed by atoms with Gasteiger partial charge in [-0.3, -0.25) is 9.58 Å². The topological polar surface area (TPSA) is 67.7 Å². The number of rotatable bonds is 4. The van der Waals surface area contributed by atoms with E-state index in [1.165, 1.54) is 0 Å². The Morgan fingerprint density at radius 3 is 2.83 bits per heavy atom. The van der Waals surface area contributed by atoms with Crippen LogP contribution in [-0.2, 0) is 28.4 Å². The Labute approximate surface area is 137 Å². The summed E-state index contributed by atoms with van der Waals surface area (Å²) in [5.74, 6) is 0. The lowest BCUT2D eigenvalue weighted by Gasteiger charge is -2.46. The van der Waals surface area contributed by atoms with Crippen molar-refractivity contribution in [2.45, 2.75) is 43.2 Å². The average Bonchev–Trinajstić information content (AvgIpc) is 3.33. The van der Waals surface area contributed by atoms with Gasteiger partial charge in [-0.15, -0.1) is 0 Å². The molecule has 0 N–H and O–H groups in total. The lowest BCUT2D eigenvalue weighted by Crippen LogP contribution is -2.61. The van der Waals surface area contributed by atoms with Gasteiger partial charge in [0, 0.05) is 39.4 Å². The van der Waals surface area contributed by atoms with Crippen molar-refractivity contribution < 1.29 is 13.2 Å². The Balaban J connectivity index is 1.50. The molecule has 0 unspecified atom stereocenters. The first-order valence-corrected chi connectivity index (χ1v) is 9.87. The minimum Gasteiger partial charge on any atom is -0.375 e. The first kappa shape index (κ1) is 15.6. The maximum atomic E-state index is 12.7. The molecule has 8 heteroatoms. The summed E-state index contributed by atoms with van der Waals surface area (Å²) in [5.41, 5.74) is 1.15. The summed E-state index contributed by atoms with van der Waals surface area (Å²) >= 11 is 0. The number of nitrogens with zero attached hydrogens (tertiary/aromatic N) is 4. The summed E-state index contributed by atoms with van der Waals surface area (Å²) in [4.78, 5) is 2.32. The summed E-state index contributed by atoms with van der Waals surface area (Å²) in [6, 6.07) is 1.97. The van der Waals surface area contributed by atoms with Crippen LogP contribution in [0.3, 0.4) is 0 Å². The van der Waals surface area contributed by atoms with Crippen molar-refractivity contribution in [1.82, 2.24) is 19.0 Å². The molecule has 0 radical (unpaired) electrons. The molecule has 1 aliphatic carbocycles. The van der Waals surface area contributed by atoms with E-state index in [-0.39, 0.29) is 17.4 Å². The van der Waals surface area contributed by atoms with E-state index >= 15 is 0 Å². The van der Waals surface area contributed by atoms with Gasteiger partial charge in [-0.1, -0.05) is 0 Å². The number of aryl methyl sites for hydroxylation is 1. The quantitative estimate of drug-likeness (QED) is 0.783. The van der Waals surface area contributed by atoms with Crippen LogP contribution in [0.25, 0.3) is 0 Å². The van der Waals surface area contributed by atoms with E-state index in [1.807, 2.05) is 17.8 Å². The molecule has 7 nitrogen and oxygen atoms in total. The minimum atomic E-state index is -3.14. The van der Waals surface area contributed by atoms with Crippen molar-refractivity contribution in [3.05, 3.63) is 18.0 Å². The van der Waals surface area contributed by atoms with Crippen LogP contribution in [0.2, 0.25) is 0 Å². The lowest BCUT2D eigenvalue weighted by molar-refractivity contribution is -0.0773. The summed E-state index contributed by atoms with van der Waals surface area (Å²) < 4.78 is 34.9. The number of sulfonamides is 1. The maximum absolute atomic E-state index is 12.7. The second kappa shape index (κ2) is 5.84. The number of morpholine rings is 1. The number of piperidine rings is 1. The minimum absolute atomic E-state index is 0.0417.